The zero-order valence-corrected chi connectivity index (χ0v) is 17.2. The van der Waals surface area contributed by atoms with E-state index in [4.69, 9.17) is 10.7 Å². The molecule has 0 radical (unpaired) electrons. The van der Waals surface area contributed by atoms with Crippen LogP contribution in [0.3, 0.4) is 0 Å². The largest absolute Gasteiger partial charge is 0.611 e. The minimum Gasteiger partial charge on any atom is -0.611 e. The number of imidazole rings is 1. The van der Waals surface area contributed by atoms with Gasteiger partial charge >= 0.3 is 0 Å². The summed E-state index contributed by atoms with van der Waals surface area (Å²) in [5, 5.41) is 3.90. The molecule has 6 nitrogen and oxygen atoms in total. The summed E-state index contributed by atoms with van der Waals surface area (Å²) in [6.45, 7) is 1.97. The molecule has 0 bridgehead atoms. The molecule has 2 N–H and O–H groups in total. The normalized spacial score (nSPS) is 15.5. The summed E-state index contributed by atoms with van der Waals surface area (Å²) in [5.74, 6) is 0.918. The van der Waals surface area contributed by atoms with Gasteiger partial charge in [-0.2, -0.15) is 0 Å². The van der Waals surface area contributed by atoms with Gasteiger partial charge in [0.2, 0.25) is 4.21 Å². The number of thiazole rings is 1. The van der Waals surface area contributed by atoms with Crippen LogP contribution in [0.15, 0.2) is 28.0 Å². The second-order valence-corrected chi connectivity index (χ2v) is 10.4. The fraction of sp³-hybridized carbons (Fsp3) is 0.278. The van der Waals surface area contributed by atoms with E-state index in [1.54, 1.807) is 17.5 Å². The van der Waals surface area contributed by atoms with E-state index in [9.17, 15) is 4.55 Å². The van der Waals surface area contributed by atoms with Crippen LogP contribution in [0.25, 0.3) is 32.2 Å². The van der Waals surface area contributed by atoms with Crippen molar-refractivity contribution >= 4 is 49.8 Å². The molecule has 1 atom stereocenters. The van der Waals surface area contributed by atoms with E-state index in [1.165, 1.54) is 11.3 Å². The number of hydrogen-bond acceptors (Lipinski definition) is 7. The molecule has 4 aromatic rings. The van der Waals surface area contributed by atoms with Crippen molar-refractivity contribution in [3.63, 3.8) is 0 Å². The number of fused-ring (bicyclic) bond motifs is 1. The van der Waals surface area contributed by atoms with E-state index in [0.717, 1.165) is 55.1 Å². The molecule has 1 unspecified atom stereocenters. The van der Waals surface area contributed by atoms with Gasteiger partial charge in [0, 0.05) is 53.6 Å². The van der Waals surface area contributed by atoms with E-state index in [1.807, 2.05) is 36.2 Å². The summed E-state index contributed by atoms with van der Waals surface area (Å²) in [6, 6.07) is 2.02. The summed E-state index contributed by atoms with van der Waals surface area (Å²) in [7, 11) is 1.98. The highest BCUT2D eigenvalue weighted by Gasteiger charge is 2.39. The Morgan fingerprint density at radius 1 is 1.33 bits per heavy atom. The zero-order chi connectivity index (χ0) is 18.7. The number of nitrogen functional groups attached to an aromatic ring is 1. The van der Waals surface area contributed by atoms with E-state index in [-0.39, 0.29) is 5.25 Å². The average Bonchev–Trinajstić information content (AvgIpc) is 3.11. The monoisotopic (exact) mass is 415 g/mol. The van der Waals surface area contributed by atoms with Gasteiger partial charge in [0.25, 0.3) is 0 Å². The minimum atomic E-state index is -1.06. The highest BCUT2D eigenvalue weighted by molar-refractivity contribution is 7.94. The maximum atomic E-state index is 12.8. The molecule has 0 amide bonds. The third-order valence-corrected chi connectivity index (χ3v) is 8.92. The molecule has 0 aliphatic heterocycles. The fourth-order valence-corrected chi connectivity index (χ4v) is 6.71. The first kappa shape index (κ1) is 17.2. The van der Waals surface area contributed by atoms with Crippen molar-refractivity contribution < 1.29 is 4.55 Å². The SMILES string of the molecule is Cc1ncc(-c2cc(-c3nccs3)nc3sc([S+]([O-])C4CC4)c(N)c23)n1C. The lowest BCUT2D eigenvalue weighted by Crippen LogP contribution is -2.07. The zero-order valence-electron chi connectivity index (χ0n) is 14.8. The van der Waals surface area contributed by atoms with Gasteiger partial charge in [-0.3, -0.25) is 0 Å². The highest BCUT2D eigenvalue weighted by atomic mass is 32.2. The molecule has 1 fully saturated rings. The van der Waals surface area contributed by atoms with Crippen molar-refractivity contribution in [2.24, 2.45) is 7.05 Å². The second-order valence-electron chi connectivity index (χ2n) is 6.62. The predicted molar refractivity (Wildman–Crippen MR) is 112 cm³/mol. The summed E-state index contributed by atoms with van der Waals surface area (Å²) >= 11 is 1.93. The quantitative estimate of drug-likeness (QED) is 0.509. The third-order valence-electron chi connectivity index (χ3n) is 4.82. The molecule has 9 heteroatoms. The number of nitrogens with zero attached hydrogens (tertiary/aromatic N) is 4. The standard InChI is InChI=1S/C18H17N5OS3/c1-9-21-8-13(23(9)2)11-7-12(16-20-5-6-25-16)22-17-14(11)15(19)18(26-17)27(24)10-3-4-10/h5-8,10H,3-4,19H2,1-2H3. The van der Waals surface area contributed by atoms with Gasteiger partial charge in [0.1, 0.15) is 32.3 Å². The van der Waals surface area contributed by atoms with Crippen molar-refractivity contribution in [3.8, 4) is 22.0 Å². The van der Waals surface area contributed by atoms with Crippen molar-refractivity contribution in [3.05, 3.63) is 29.7 Å². The lowest BCUT2D eigenvalue weighted by atomic mass is 10.1. The summed E-state index contributed by atoms with van der Waals surface area (Å²) in [5.41, 5.74) is 9.82. The van der Waals surface area contributed by atoms with Crippen molar-refractivity contribution in [1.82, 2.24) is 19.5 Å². The minimum absolute atomic E-state index is 0.237. The number of anilines is 1. The van der Waals surface area contributed by atoms with Crippen LogP contribution in [0.1, 0.15) is 18.7 Å². The Morgan fingerprint density at radius 3 is 2.78 bits per heavy atom. The number of pyridine rings is 1. The Morgan fingerprint density at radius 2 is 2.15 bits per heavy atom. The number of aromatic nitrogens is 4. The van der Waals surface area contributed by atoms with Crippen LogP contribution in [0.2, 0.25) is 0 Å². The number of rotatable bonds is 4. The molecular weight excluding hydrogens is 398 g/mol. The molecule has 0 saturated heterocycles. The van der Waals surface area contributed by atoms with Gasteiger partial charge < -0.3 is 14.9 Å². The van der Waals surface area contributed by atoms with Crippen molar-refractivity contribution in [2.45, 2.75) is 29.2 Å². The van der Waals surface area contributed by atoms with Crippen LogP contribution in [-0.2, 0) is 18.2 Å². The van der Waals surface area contributed by atoms with E-state index in [0.29, 0.717) is 5.69 Å². The summed E-state index contributed by atoms with van der Waals surface area (Å²) < 4.78 is 15.6. The van der Waals surface area contributed by atoms with Crippen LogP contribution < -0.4 is 5.73 Å². The van der Waals surface area contributed by atoms with Crippen LogP contribution >= 0.6 is 22.7 Å². The highest BCUT2D eigenvalue weighted by Crippen LogP contribution is 2.46. The Balaban J connectivity index is 1.80. The molecule has 138 valence electrons. The van der Waals surface area contributed by atoms with E-state index in [2.05, 4.69) is 9.97 Å². The second kappa shape index (κ2) is 6.30. The van der Waals surface area contributed by atoms with Gasteiger partial charge in [-0.05, 0) is 13.0 Å². The Bertz CT molecular complexity index is 1140. The molecule has 0 aromatic carbocycles. The van der Waals surface area contributed by atoms with Gasteiger partial charge in [-0.15, -0.1) is 11.3 Å². The smallest absolute Gasteiger partial charge is 0.232 e. The molecule has 0 spiro atoms. The van der Waals surface area contributed by atoms with Crippen LogP contribution in [0, 0.1) is 6.92 Å². The maximum Gasteiger partial charge on any atom is 0.232 e. The fourth-order valence-electron chi connectivity index (χ4n) is 3.10. The van der Waals surface area contributed by atoms with Gasteiger partial charge in [0.15, 0.2) is 0 Å². The topological polar surface area (TPSA) is 92.7 Å². The molecule has 1 saturated carbocycles. The lowest BCUT2D eigenvalue weighted by molar-refractivity contribution is 0.596. The Kier molecular flexibility index (Phi) is 4.01. The first-order valence-electron chi connectivity index (χ1n) is 8.56. The maximum absolute atomic E-state index is 12.8. The van der Waals surface area contributed by atoms with E-state index >= 15 is 0 Å². The lowest BCUT2D eigenvalue weighted by Gasteiger charge is -2.09. The first-order chi connectivity index (χ1) is 13.0. The van der Waals surface area contributed by atoms with Gasteiger partial charge in [-0.25, -0.2) is 15.0 Å². The molecule has 4 aromatic heterocycles. The molecular formula is C18H17N5OS3. The van der Waals surface area contributed by atoms with Crippen LogP contribution in [0.5, 0.6) is 0 Å². The predicted octanol–water partition coefficient (Wildman–Crippen LogP) is 3.98. The molecule has 1 aliphatic carbocycles. The third kappa shape index (κ3) is 2.77. The summed E-state index contributed by atoms with van der Waals surface area (Å²) in [6.07, 6.45) is 5.64. The average molecular weight is 416 g/mol. The van der Waals surface area contributed by atoms with Crippen LogP contribution in [-0.4, -0.2) is 29.3 Å². The molecule has 27 heavy (non-hydrogen) atoms. The van der Waals surface area contributed by atoms with Crippen LogP contribution in [0.4, 0.5) is 5.69 Å². The number of nitrogens with two attached hydrogens (primary N) is 1. The van der Waals surface area contributed by atoms with Gasteiger partial charge in [0.05, 0.1) is 11.9 Å². The van der Waals surface area contributed by atoms with Crippen molar-refractivity contribution in [2.75, 3.05) is 5.73 Å². The van der Waals surface area contributed by atoms with Gasteiger partial charge in [-0.1, -0.05) is 11.3 Å². The van der Waals surface area contributed by atoms with Crippen molar-refractivity contribution in [1.29, 1.82) is 0 Å². The molecule has 4 heterocycles. The number of aryl methyl sites for hydroxylation is 1. The Hall–Kier alpha value is -1.94. The first-order valence-corrected chi connectivity index (χ1v) is 11.5. The Labute approximate surface area is 167 Å². The summed E-state index contributed by atoms with van der Waals surface area (Å²) in [4.78, 5) is 14.4. The number of thiophene rings is 1. The number of hydrogen-bond donors (Lipinski definition) is 1. The van der Waals surface area contributed by atoms with E-state index < -0.39 is 11.2 Å². The molecule has 1 aliphatic rings. The molecule has 5 rings (SSSR count).